The summed E-state index contributed by atoms with van der Waals surface area (Å²) in [6.45, 7) is 5.14. The van der Waals surface area contributed by atoms with E-state index >= 15 is 0 Å². The molecule has 2 heterocycles. The summed E-state index contributed by atoms with van der Waals surface area (Å²) in [7, 11) is 0. The maximum Gasteiger partial charge on any atom is 0.118 e. The van der Waals surface area contributed by atoms with Crippen LogP contribution in [0.1, 0.15) is 43.6 Å². The minimum Gasteiger partial charge on any atom is -0.464 e. The zero-order valence-corrected chi connectivity index (χ0v) is 10.4. The van der Waals surface area contributed by atoms with Crippen LogP contribution in [0.4, 0.5) is 0 Å². The van der Waals surface area contributed by atoms with E-state index in [1.807, 2.05) is 0 Å². The first kappa shape index (κ1) is 11.3. The molecule has 2 unspecified atom stereocenters. The lowest BCUT2D eigenvalue weighted by Gasteiger charge is -2.28. The van der Waals surface area contributed by atoms with Gasteiger partial charge >= 0.3 is 0 Å². The lowest BCUT2D eigenvalue weighted by Crippen LogP contribution is -2.35. The highest BCUT2D eigenvalue weighted by molar-refractivity contribution is 5.17. The second-order valence-electron chi connectivity index (χ2n) is 5.63. The van der Waals surface area contributed by atoms with Gasteiger partial charge in [-0.3, -0.25) is 4.90 Å². The molecule has 3 rings (SSSR count). The van der Waals surface area contributed by atoms with E-state index < -0.39 is 0 Å². The maximum absolute atomic E-state index is 9.46. The van der Waals surface area contributed by atoms with Crippen LogP contribution < -0.4 is 0 Å². The topological polar surface area (TPSA) is 36.6 Å². The Morgan fingerprint density at radius 2 is 2.06 bits per heavy atom. The van der Waals surface area contributed by atoms with Gasteiger partial charge in [0.1, 0.15) is 11.5 Å². The highest BCUT2D eigenvalue weighted by atomic mass is 16.3. The highest BCUT2D eigenvalue weighted by Gasteiger charge is 2.36. The molecule has 1 aliphatic carbocycles. The molecule has 1 aromatic rings. The number of likely N-dealkylation sites (tertiary alicyclic amines) is 1. The minimum atomic E-state index is -0.0919. The van der Waals surface area contributed by atoms with Crippen LogP contribution >= 0.6 is 0 Å². The fourth-order valence-electron chi connectivity index (χ4n) is 2.70. The van der Waals surface area contributed by atoms with Crippen molar-refractivity contribution in [2.24, 2.45) is 5.92 Å². The summed E-state index contributed by atoms with van der Waals surface area (Å²) < 4.78 is 5.90. The molecule has 3 nitrogen and oxygen atoms in total. The molecule has 0 aromatic carbocycles. The van der Waals surface area contributed by atoms with E-state index in [0.717, 1.165) is 44.2 Å². The fourth-order valence-corrected chi connectivity index (χ4v) is 2.70. The van der Waals surface area contributed by atoms with Crippen molar-refractivity contribution in [2.75, 3.05) is 13.1 Å². The van der Waals surface area contributed by atoms with Crippen LogP contribution in [-0.2, 0) is 6.54 Å². The summed E-state index contributed by atoms with van der Waals surface area (Å²) in [5.74, 6) is 3.73. The Morgan fingerprint density at radius 3 is 2.71 bits per heavy atom. The van der Waals surface area contributed by atoms with Crippen LogP contribution in [0.25, 0.3) is 0 Å². The molecule has 2 fully saturated rings. The second-order valence-corrected chi connectivity index (χ2v) is 5.63. The zero-order chi connectivity index (χ0) is 11.8. The molecule has 1 N–H and O–H groups in total. The minimum absolute atomic E-state index is 0.0919. The second kappa shape index (κ2) is 4.46. The molecule has 2 aliphatic rings. The molecule has 1 saturated carbocycles. The van der Waals surface area contributed by atoms with Gasteiger partial charge in [-0.25, -0.2) is 0 Å². The van der Waals surface area contributed by atoms with Gasteiger partial charge in [0, 0.05) is 19.0 Å². The molecule has 1 saturated heterocycles. The van der Waals surface area contributed by atoms with Crippen LogP contribution in [0.5, 0.6) is 0 Å². The number of hydrogen-bond donors (Lipinski definition) is 1. The molecule has 17 heavy (non-hydrogen) atoms. The van der Waals surface area contributed by atoms with Gasteiger partial charge in [-0.05, 0) is 37.3 Å². The van der Waals surface area contributed by atoms with Gasteiger partial charge in [-0.15, -0.1) is 0 Å². The summed E-state index contributed by atoms with van der Waals surface area (Å²) in [6, 6.07) is 4.26. The summed E-state index contributed by atoms with van der Waals surface area (Å²) in [5, 5.41) is 9.46. The van der Waals surface area contributed by atoms with Crippen LogP contribution in [0.2, 0.25) is 0 Å². The highest BCUT2D eigenvalue weighted by Crippen LogP contribution is 2.47. The van der Waals surface area contributed by atoms with E-state index in [0.29, 0.717) is 5.92 Å². The Morgan fingerprint density at radius 1 is 1.35 bits per heavy atom. The predicted molar refractivity (Wildman–Crippen MR) is 65.7 cm³/mol. The average molecular weight is 235 g/mol. The van der Waals surface area contributed by atoms with Crippen molar-refractivity contribution in [1.82, 2.24) is 4.90 Å². The summed E-state index contributed by atoms with van der Waals surface area (Å²) in [5.41, 5.74) is 0. The number of furan rings is 1. The summed E-state index contributed by atoms with van der Waals surface area (Å²) >= 11 is 0. The van der Waals surface area contributed by atoms with E-state index in [-0.39, 0.29) is 6.10 Å². The third-order valence-electron chi connectivity index (χ3n) is 4.09. The molecule has 0 radical (unpaired) electrons. The first-order valence-electron chi connectivity index (χ1n) is 6.71. The van der Waals surface area contributed by atoms with Crippen molar-refractivity contribution in [1.29, 1.82) is 0 Å². The number of hydrogen-bond acceptors (Lipinski definition) is 3. The Kier molecular flexibility index (Phi) is 2.97. The Bertz CT molecular complexity index is 379. The standard InChI is InChI=1S/C14H21NO2/c1-10-8-13(10)14-3-2-12(17-14)9-15-6-4-11(16)5-7-15/h2-3,10-11,13,16H,4-9H2,1H3. The third-order valence-corrected chi connectivity index (χ3v) is 4.09. The van der Waals surface area contributed by atoms with Gasteiger partial charge in [0.25, 0.3) is 0 Å². The van der Waals surface area contributed by atoms with Gasteiger partial charge in [0.05, 0.1) is 12.6 Å². The van der Waals surface area contributed by atoms with Crippen molar-refractivity contribution in [2.45, 2.75) is 44.8 Å². The smallest absolute Gasteiger partial charge is 0.118 e. The summed E-state index contributed by atoms with van der Waals surface area (Å²) in [6.07, 6.45) is 2.98. The Balaban J connectivity index is 1.56. The monoisotopic (exact) mass is 235 g/mol. The quantitative estimate of drug-likeness (QED) is 0.873. The summed E-state index contributed by atoms with van der Waals surface area (Å²) in [4.78, 5) is 2.37. The van der Waals surface area contributed by atoms with Gasteiger partial charge in [-0.1, -0.05) is 6.92 Å². The van der Waals surface area contributed by atoms with E-state index in [1.165, 1.54) is 12.2 Å². The number of aliphatic hydroxyl groups is 1. The third kappa shape index (κ3) is 2.55. The lowest BCUT2D eigenvalue weighted by atomic mass is 10.1. The molecule has 2 atom stereocenters. The van der Waals surface area contributed by atoms with Gasteiger partial charge in [0.2, 0.25) is 0 Å². The van der Waals surface area contributed by atoms with Crippen LogP contribution in [0, 0.1) is 5.92 Å². The molecule has 0 bridgehead atoms. The number of rotatable bonds is 3. The van der Waals surface area contributed by atoms with Gasteiger partial charge in [-0.2, -0.15) is 0 Å². The van der Waals surface area contributed by atoms with Crippen LogP contribution in [0.3, 0.4) is 0 Å². The number of aliphatic hydroxyl groups excluding tert-OH is 1. The normalized spacial score (nSPS) is 30.7. The van der Waals surface area contributed by atoms with Crippen molar-refractivity contribution in [3.63, 3.8) is 0 Å². The predicted octanol–water partition coefficient (Wildman–Crippen LogP) is 2.36. The number of nitrogens with zero attached hydrogens (tertiary/aromatic N) is 1. The van der Waals surface area contributed by atoms with Crippen molar-refractivity contribution >= 4 is 0 Å². The lowest BCUT2D eigenvalue weighted by molar-refractivity contribution is 0.0758. The Labute approximate surface area is 102 Å². The molecule has 0 spiro atoms. The molecule has 1 aromatic heterocycles. The fraction of sp³-hybridized carbons (Fsp3) is 0.714. The first-order chi connectivity index (χ1) is 8.22. The molecule has 94 valence electrons. The van der Waals surface area contributed by atoms with Crippen LogP contribution in [-0.4, -0.2) is 29.2 Å². The van der Waals surface area contributed by atoms with Gasteiger partial charge in [0.15, 0.2) is 0 Å². The van der Waals surface area contributed by atoms with Crippen molar-refractivity contribution in [3.8, 4) is 0 Å². The maximum atomic E-state index is 9.46. The molecule has 1 aliphatic heterocycles. The SMILES string of the molecule is CC1CC1c1ccc(CN2CCC(O)CC2)o1. The van der Waals surface area contributed by atoms with E-state index in [4.69, 9.17) is 4.42 Å². The average Bonchev–Trinajstić information content (AvgIpc) is 2.88. The van der Waals surface area contributed by atoms with Crippen LogP contribution in [0.15, 0.2) is 16.5 Å². The Hall–Kier alpha value is -0.800. The molecule has 0 amide bonds. The number of piperidine rings is 1. The molecule has 3 heteroatoms. The van der Waals surface area contributed by atoms with Crippen molar-refractivity contribution < 1.29 is 9.52 Å². The van der Waals surface area contributed by atoms with E-state index in [2.05, 4.69) is 24.0 Å². The first-order valence-corrected chi connectivity index (χ1v) is 6.71. The largest absolute Gasteiger partial charge is 0.464 e. The molecular weight excluding hydrogens is 214 g/mol. The zero-order valence-electron chi connectivity index (χ0n) is 10.4. The van der Waals surface area contributed by atoms with Crippen molar-refractivity contribution in [3.05, 3.63) is 23.7 Å². The van der Waals surface area contributed by atoms with Gasteiger partial charge < -0.3 is 9.52 Å². The van der Waals surface area contributed by atoms with E-state index in [9.17, 15) is 5.11 Å². The molecular formula is C14H21NO2. The van der Waals surface area contributed by atoms with E-state index in [1.54, 1.807) is 0 Å².